The first-order valence-corrected chi connectivity index (χ1v) is 8.58. The maximum atomic E-state index is 12.6. The van der Waals surface area contributed by atoms with Gasteiger partial charge in [0.05, 0.1) is 25.3 Å². The summed E-state index contributed by atoms with van der Waals surface area (Å²) in [7, 11) is 3.08. The van der Waals surface area contributed by atoms with Crippen molar-refractivity contribution in [3.63, 3.8) is 0 Å². The molecule has 2 heterocycles. The van der Waals surface area contributed by atoms with E-state index in [1.807, 2.05) is 0 Å². The van der Waals surface area contributed by atoms with Crippen molar-refractivity contribution in [3.8, 4) is 22.9 Å². The van der Waals surface area contributed by atoms with Gasteiger partial charge in [0.25, 0.3) is 11.8 Å². The molecule has 0 aliphatic carbocycles. The van der Waals surface area contributed by atoms with Gasteiger partial charge in [-0.2, -0.15) is 4.98 Å². The van der Waals surface area contributed by atoms with Crippen LogP contribution in [0.4, 0.5) is 0 Å². The third-order valence-corrected chi connectivity index (χ3v) is 4.65. The van der Waals surface area contributed by atoms with Crippen LogP contribution in [0.2, 0.25) is 0 Å². The minimum absolute atomic E-state index is 0.166. The van der Waals surface area contributed by atoms with Gasteiger partial charge in [0.1, 0.15) is 6.04 Å². The normalized spacial score (nSPS) is 14.2. The smallest absolute Gasteiger partial charge is 0.262 e. The molecule has 1 aliphatic heterocycles. The Hall–Kier alpha value is -3.68. The SMILES string of the molecule is COc1ccc(-c2noc([C@H](C)N3C(=O)c4ccccc4C3=O)n2)cc1OC. The van der Waals surface area contributed by atoms with E-state index in [0.717, 1.165) is 4.90 Å². The van der Waals surface area contributed by atoms with Crippen LogP contribution in [0.15, 0.2) is 47.0 Å². The van der Waals surface area contributed by atoms with Crippen LogP contribution in [-0.2, 0) is 0 Å². The van der Waals surface area contributed by atoms with E-state index >= 15 is 0 Å². The zero-order chi connectivity index (χ0) is 19.8. The van der Waals surface area contributed by atoms with Crippen LogP contribution in [0, 0.1) is 0 Å². The molecule has 0 N–H and O–H groups in total. The first-order chi connectivity index (χ1) is 13.5. The molecule has 0 saturated heterocycles. The van der Waals surface area contributed by atoms with E-state index in [-0.39, 0.29) is 17.7 Å². The lowest BCUT2D eigenvalue weighted by atomic mass is 10.1. The van der Waals surface area contributed by atoms with Crippen LogP contribution in [-0.4, -0.2) is 41.1 Å². The quantitative estimate of drug-likeness (QED) is 0.629. The molecule has 0 radical (unpaired) electrons. The van der Waals surface area contributed by atoms with Gasteiger partial charge in [-0.15, -0.1) is 0 Å². The number of amides is 2. The topological polar surface area (TPSA) is 94.8 Å². The van der Waals surface area contributed by atoms with E-state index in [2.05, 4.69) is 10.1 Å². The molecule has 142 valence electrons. The zero-order valence-corrected chi connectivity index (χ0v) is 15.5. The van der Waals surface area contributed by atoms with E-state index < -0.39 is 6.04 Å². The fourth-order valence-electron chi connectivity index (χ4n) is 3.17. The van der Waals surface area contributed by atoms with E-state index in [1.54, 1.807) is 56.5 Å². The molecule has 0 fully saturated rings. The average Bonchev–Trinajstić information content (AvgIpc) is 3.31. The standard InChI is InChI=1S/C20H17N3O5/c1-11(23-19(24)13-6-4-5-7-14(13)20(23)25)18-21-17(22-28-18)12-8-9-15(26-2)16(10-12)27-3/h4-11H,1-3H3/t11-/m0/s1. The summed E-state index contributed by atoms with van der Waals surface area (Å²) in [4.78, 5) is 30.8. The molecule has 2 aromatic carbocycles. The number of hydrogen-bond donors (Lipinski definition) is 0. The fraction of sp³-hybridized carbons (Fsp3) is 0.200. The first-order valence-electron chi connectivity index (χ1n) is 8.58. The molecule has 4 rings (SSSR count). The molecule has 8 heteroatoms. The largest absolute Gasteiger partial charge is 0.493 e. The lowest BCUT2D eigenvalue weighted by Crippen LogP contribution is -2.32. The van der Waals surface area contributed by atoms with Crippen molar-refractivity contribution in [2.75, 3.05) is 14.2 Å². The molecule has 8 nitrogen and oxygen atoms in total. The summed E-state index contributed by atoms with van der Waals surface area (Å²) in [6, 6.07) is 11.2. The summed E-state index contributed by atoms with van der Waals surface area (Å²) < 4.78 is 15.9. The maximum Gasteiger partial charge on any atom is 0.262 e. The summed E-state index contributed by atoms with van der Waals surface area (Å²) in [5, 5.41) is 3.98. The van der Waals surface area contributed by atoms with E-state index in [9.17, 15) is 9.59 Å². The molecule has 28 heavy (non-hydrogen) atoms. The molecule has 0 saturated carbocycles. The van der Waals surface area contributed by atoms with Crippen LogP contribution in [0.3, 0.4) is 0 Å². The number of nitrogens with zero attached hydrogens (tertiary/aromatic N) is 3. The zero-order valence-electron chi connectivity index (χ0n) is 15.5. The Labute approximate surface area is 160 Å². The number of benzene rings is 2. The molecule has 1 aliphatic rings. The second-order valence-electron chi connectivity index (χ2n) is 6.23. The molecular weight excluding hydrogens is 362 g/mol. The molecular formula is C20H17N3O5. The van der Waals surface area contributed by atoms with Crippen LogP contribution in [0.1, 0.15) is 39.6 Å². The Kier molecular flexibility index (Phi) is 4.31. The molecule has 0 unspecified atom stereocenters. The minimum Gasteiger partial charge on any atom is -0.493 e. The molecule has 2 amide bonds. The third kappa shape index (κ3) is 2.70. The number of methoxy groups -OCH3 is 2. The van der Waals surface area contributed by atoms with Gasteiger partial charge in [-0.25, -0.2) is 0 Å². The average molecular weight is 379 g/mol. The number of fused-ring (bicyclic) bond motifs is 1. The summed E-state index contributed by atoms with van der Waals surface area (Å²) in [5.41, 5.74) is 1.40. The number of carbonyl (C=O) groups is 2. The highest BCUT2D eigenvalue weighted by molar-refractivity contribution is 6.21. The minimum atomic E-state index is -0.700. The summed E-state index contributed by atoms with van der Waals surface area (Å²) in [6.45, 7) is 1.67. The van der Waals surface area contributed by atoms with Crippen molar-refractivity contribution < 1.29 is 23.6 Å². The Balaban J connectivity index is 1.63. The molecule has 1 aromatic heterocycles. The summed E-state index contributed by atoms with van der Waals surface area (Å²) in [5.74, 6) is 0.839. The van der Waals surface area contributed by atoms with Gasteiger partial charge in [-0.3, -0.25) is 14.5 Å². The van der Waals surface area contributed by atoms with E-state index in [4.69, 9.17) is 14.0 Å². The molecule has 0 bridgehead atoms. The van der Waals surface area contributed by atoms with Gasteiger partial charge in [0.2, 0.25) is 11.7 Å². The van der Waals surface area contributed by atoms with Gasteiger partial charge in [0.15, 0.2) is 11.5 Å². The highest BCUT2D eigenvalue weighted by Crippen LogP contribution is 2.33. The van der Waals surface area contributed by atoms with E-state index in [0.29, 0.717) is 34.0 Å². The number of imide groups is 1. The molecule has 1 atom stereocenters. The van der Waals surface area contributed by atoms with Crippen LogP contribution in [0.25, 0.3) is 11.4 Å². The number of carbonyl (C=O) groups excluding carboxylic acids is 2. The Bertz CT molecular complexity index is 1040. The lowest BCUT2D eigenvalue weighted by molar-refractivity contribution is 0.0568. The number of hydrogen-bond acceptors (Lipinski definition) is 7. The third-order valence-electron chi connectivity index (χ3n) is 4.65. The van der Waals surface area contributed by atoms with Crippen LogP contribution < -0.4 is 9.47 Å². The number of aromatic nitrogens is 2. The predicted octanol–water partition coefficient (Wildman–Crippen LogP) is 3.11. The van der Waals surface area contributed by atoms with Crippen molar-refractivity contribution in [2.24, 2.45) is 0 Å². The highest BCUT2D eigenvalue weighted by Gasteiger charge is 2.40. The second kappa shape index (κ2) is 6.80. The number of rotatable bonds is 5. The van der Waals surface area contributed by atoms with Gasteiger partial charge >= 0.3 is 0 Å². The van der Waals surface area contributed by atoms with Crippen molar-refractivity contribution in [2.45, 2.75) is 13.0 Å². The predicted molar refractivity (Wildman–Crippen MR) is 98.2 cm³/mol. The first kappa shape index (κ1) is 17.7. The van der Waals surface area contributed by atoms with Crippen molar-refractivity contribution >= 4 is 11.8 Å². The Morgan fingerprint density at radius 1 is 0.964 bits per heavy atom. The summed E-state index contributed by atoms with van der Waals surface area (Å²) >= 11 is 0. The maximum absolute atomic E-state index is 12.6. The van der Waals surface area contributed by atoms with Crippen molar-refractivity contribution in [1.82, 2.24) is 15.0 Å². The molecule has 3 aromatic rings. The van der Waals surface area contributed by atoms with Gasteiger partial charge in [-0.1, -0.05) is 17.3 Å². The highest BCUT2D eigenvalue weighted by atomic mass is 16.5. The van der Waals surface area contributed by atoms with Gasteiger partial charge < -0.3 is 14.0 Å². The second-order valence-corrected chi connectivity index (χ2v) is 6.23. The van der Waals surface area contributed by atoms with Gasteiger partial charge in [0, 0.05) is 5.56 Å². The monoisotopic (exact) mass is 379 g/mol. The molecule has 0 spiro atoms. The number of ether oxygens (including phenoxy) is 2. The van der Waals surface area contributed by atoms with E-state index in [1.165, 1.54) is 7.11 Å². The van der Waals surface area contributed by atoms with Crippen LogP contribution >= 0.6 is 0 Å². The van der Waals surface area contributed by atoms with Gasteiger partial charge in [-0.05, 0) is 37.3 Å². The van der Waals surface area contributed by atoms with Crippen LogP contribution in [0.5, 0.6) is 11.5 Å². The van der Waals surface area contributed by atoms with Crippen molar-refractivity contribution in [1.29, 1.82) is 0 Å². The lowest BCUT2D eigenvalue weighted by Gasteiger charge is -2.18. The Morgan fingerprint density at radius 3 is 2.21 bits per heavy atom. The Morgan fingerprint density at radius 2 is 1.61 bits per heavy atom. The fourth-order valence-corrected chi connectivity index (χ4v) is 3.17. The van der Waals surface area contributed by atoms with Crippen molar-refractivity contribution in [3.05, 3.63) is 59.5 Å². The summed E-state index contributed by atoms with van der Waals surface area (Å²) in [6.07, 6.45) is 0.